The van der Waals surface area contributed by atoms with Crippen LogP contribution in [0.2, 0.25) is 5.02 Å². The molecule has 13 nitrogen and oxygen atoms in total. The van der Waals surface area contributed by atoms with E-state index in [4.69, 9.17) is 20.6 Å². The topological polar surface area (TPSA) is 132 Å². The molecule has 2 aliphatic heterocycles. The summed E-state index contributed by atoms with van der Waals surface area (Å²) in [6.07, 6.45) is 5.81. The smallest absolute Gasteiger partial charge is 0.264 e. The van der Waals surface area contributed by atoms with Gasteiger partial charge in [0.1, 0.15) is 0 Å². The van der Waals surface area contributed by atoms with Crippen molar-refractivity contribution in [3.8, 4) is 0 Å². The van der Waals surface area contributed by atoms with Gasteiger partial charge in [0.2, 0.25) is 10.0 Å². The molecule has 18 heteroatoms. The number of hydrogen-bond donors (Lipinski definition) is 1. The van der Waals surface area contributed by atoms with Gasteiger partial charge in [0.25, 0.3) is 15.9 Å². The predicted octanol–water partition coefficient (Wildman–Crippen LogP) is 9.83. The molecule has 0 radical (unpaired) electrons. The molecule has 3 aliphatic rings. The summed E-state index contributed by atoms with van der Waals surface area (Å²) in [7, 11) is -9.12. The number of nitrogens with zero attached hydrogens (tertiary/aromatic N) is 5. The maximum atomic E-state index is 13.8. The summed E-state index contributed by atoms with van der Waals surface area (Å²) in [6.45, 7) is 20.1. The molecular weight excluding hydrogens is 995 g/mol. The van der Waals surface area contributed by atoms with Crippen molar-refractivity contribution in [2.45, 2.75) is 76.1 Å². The van der Waals surface area contributed by atoms with Gasteiger partial charge in [-0.05, 0) is 135 Å². The molecule has 0 spiro atoms. The summed E-state index contributed by atoms with van der Waals surface area (Å²) in [4.78, 5) is 24.0. The van der Waals surface area contributed by atoms with Crippen LogP contribution in [0, 0.1) is 12.3 Å². The minimum Gasteiger partial charge on any atom is -0.369 e. The Balaban J connectivity index is 0.977. The molecule has 4 aromatic carbocycles. The first-order chi connectivity index (χ1) is 33.9. The van der Waals surface area contributed by atoms with Gasteiger partial charge in [0.15, 0.2) is 8.38 Å². The molecule has 1 aliphatic carbocycles. The molecule has 386 valence electrons. The first-order valence-corrected chi connectivity index (χ1v) is 30.8. The third kappa shape index (κ3) is 15.5. The van der Waals surface area contributed by atoms with E-state index in [-0.39, 0.29) is 15.9 Å². The van der Waals surface area contributed by atoms with Crippen molar-refractivity contribution in [1.29, 1.82) is 0 Å². The molecule has 7 rings (SSSR count). The van der Waals surface area contributed by atoms with Crippen molar-refractivity contribution in [1.82, 2.24) is 19.4 Å². The van der Waals surface area contributed by atoms with Crippen LogP contribution in [0.5, 0.6) is 0 Å². The molecule has 0 unspecified atom stereocenters. The molecule has 4 aromatic rings. The monoisotopic (exact) mass is 1070 g/mol. The van der Waals surface area contributed by atoms with Gasteiger partial charge in [0, 0.05) is 92.4 Å². The van der Waals surface area contributed by atoms with Crippen LogP contribution >= 0.6 is 31.7 Å². The average Bonchev–Trinajstić information content (AvgIpc) is 3.33. The number of piperazine rings is 2. The molecule has 1 amide bonds. The molecule has 1 atom stereocenters. The maximum absolute atomic E-state index is 13.8. The Morgan fingerprint density at radius 1 is 0.831 bits per heavy atom. The fourth-order valence-corrected chi connectivity index (χ4v) is 14.8. The Labute approximate surface area is 434 Å². The van der Waals surface area contributed by atoms with Crippen LogP contribution in [0.3, 0.4) is 0 Å². The Morgan fingerprint density at radius 3 is 2.08 bits per heavy atom. The van der Waals surface area contributed by atoms with E-state index >= 15 is 0 Å². The summed E-state index contributed by atoms with van der Waals surface area (Å²) in [6, 6.07) is 29.1. The Morgan fingerprint density at radius 2 is 1.46 bits per heavy atom. The highest BCUT2D eigenvalue weighted by Gasteiger charge is 2.32. The first kappa shape index (κ1) is 55.2. The number of sulfonamides is 2. The summed E-state index contributed by atoms with van der Waals surface area (Å²) in [5, 5.41) is 0.748. The average molecular weight is 1070 g/mol. The molecule has 1 N–H and O–H groups in total. The highest BCUT2D eigenvalue weighted by molar-refractivity contribution is 7.99. The maximum Gasteiger partial charge on any atom is 0.264 e. The van der Waals surface area contributed by atoms with E-state index in [0.717, 1.165) is 100 Å². The summed E-state index contributed by atoms with van der Waals surface area (Å²) < 4.78 is 70.6. The van der Waals surface area contributed by atoms with E-state index < -0.39 is 40.4 Å². The Hall–Kier alpha value is -3.54. The summed E-state index contributed by atoms with van der Waals surface area (Å²) in [5.74, 6) is -0.262. The van der Waals surface area contributed by atoms with Gasteiger partial charge in [-0.1, -0.05) is 61.4 Å². The summed E-state index contributed by atoms with van der Waals surface area (Å²) >= 11 is 7.82. The molecular formula is C53H72ClN6O7PS3. The van der Waals surface area contributed by atoms with Gasteiger partial charge in [-0.25, -0.2) is 21.6 Å². The van der Waals surface area contributed by atoms with Gasteiger partial charge in [0.05, 0.1) is 42.4 Å². The normalized spacial score (nSPS) is 17.9. The number of carbonyl (C=O) groups is 1. The standard InChI is InChI=1S/C53H72ClN6O7PS3/c1-7-66-68(67-8-2)40-58-30-28-56(29-31-58)27-25-47(39-69-48-12-10-9-11-13-48)60(70(6,62)63)51-23-22-49(36-41(51)3)71(64,65)55-52(61)43-16-20-46(21-17-43)59-34-32-57(33-35-59)38-44-37-53(4,5)26-24-50(44)42-14-18-45(54)19-15-42/h9-23,36,47H,7-8,24-35,37-40H2,1-6H3,(H,55,61)/t47-/m1/s1. The highest BCUT2D eigenvalue weighted by atomic mass is 35.5. The van der Waals surface area contributed by atoms with Gasteiger partial charge in [-0.3, -0.25) is 18.9 Å². The van der Waals surface area contributed by atoms with Crippen molar-refractivity contribution in [3.05, 3.63) is 124 Å². The van der Waals surface area contributed by atoms with Gasteiger partial charge in [-0.15, -0.1) is 11.8 Å². The number of carbonyl (C=O) groups excluding carboxylic acids is 1. The number of hydrogen-bond acceptors (Lipinski definition) is 12. The molecule has 2 fully saturated rings. The minimum atomic E-state index is -4.32. The molecule has 0 saturated carbocycles. The number of anilines is 2. The number of allylic oxidation sites excluding steroid dienone is 1. The van der Waals surface area contributed by atoms with E-state index in [0.29, 0.717) is 43.2 Å². The van der Waals surface area contributed by atoms with Crippen LogP contribution in [0.25, 0.3) is 5.57 Å². The zero-order chi connectivity index (χ0) is 50.8. The lowest BCUT2D eigenvalue weighted by Gasteiger charge is -2.39. The van der Waals surface area contributed by atoms with Crippen molar-refractivity contribution < 1.29 is 30.7 Å². The number of aryl methyl sites for hydroxylation is 1. The van der Waals surface area contributed by atoms with Crippen molar-refractivity contribution in [2.75, 3.05) is 106 Å². The Kier molecular flexibility index (Phi) is 19.5. The van der Waals surface area contributed by atoms with Crippen LogP contribution in [0.1, 0.15) is 74.9 Å². The predicted molar refractivity (Wildman–Crippen MR) is 293 cm³/mol. The molecule has 0 bridgehead atoms. The van der Waals surface area contributed by atoms with Gasteiger partial charge < -0.3 is 18.8 Å². The molecule has 0 aromatic heterocycles. The van der Waals surface area contributed by atoms with Gasteiger partial charge in [-0.2, -0.15) is 0 Å². The van der Waals surface area contributed by atoms with Crippen LogP contribution in [-0.2, 0) is 29.1 Å². The second-order valence-electron chi connectivity index (χ2n) is 19.5. The highest BCUT2D eigenvalue weighted by Crippen LogP contribution is 2.43. The van der Waals surface area contributed by atoms with Crippen LogP contribution in [0.4, 0.5) is 11.4 Å². The van der Waals surface area contributed by atoms with Crippen molar-refractivity contribution in [2.24, 2.45) is 5.41 Å². The van der Waals surface area contributed by atoms with Crippen LogP contribution in [0.15, 0.2) is 112 Å². The number of thioether (sulfide) groups is 1. The van der Waals surface area contributed by atoms with Crippen LogP contribution < -0.4 is 13.9 Å². The lowest BCUT2D eigenvalue weighted by atomic mass is 9.73. The largest absolute Gasteiger partial charge is 0.369 e. The third-order valence-electron chi connectivity index (χ3n) is 13.6. The second kappa shape index (κ2) is 25.1. The third-order valence-corrected chi connectivity index (χ3v) is 19.2. The minimum absolute atomic E-state index is 0.131. The second-order valence-corrected chi connectivity index (χ2v) is 26.1. The van der Waals surface area contributed by atoms with E-state index in [1.807, 2.05) is 68.4 Å². The lowest BCUT2D eigenvalue weighted by molar-refractivity contribution is 0.0981. The van der Waals surface area contributed by atoms with Crippen molar-refractivity contribution >= 4 is 74.6 Å². The summed E-state index contributed by atoms with van der Waals surface area (Å²) in [5.41, 5.74) is 6.52. The van der Waals surface area contributed by atoms with E-state index in [1.54, 1.807) is 36.9 Å². The SMILES string of the molecule is CCOP(CN1CCN(CC[C@H](CSc2ccccc2)N(c2ccc(S(=O)(=O)NC(=O)c3ccc(N4CCN(CC5=C(c6ccc(Cl)cc6)CCC(C)(C)C5)CC4)cc3)cc2C)S(C)(=O)=O)CC1)OCC. The fourth-order valence-electron chi connectivity index (χ4n) is 9.78. The number of nitrogens with one attached hydrogen (secondary N) is 1. The van der Waals surface area contributed by atoms with Gasteiger partial charge >= 0.3 is 0 Å². The number of rotatable bonds is 22. The Bertz CT molecular complexity index is 2640. The number of benzene rings is 4. The molecule has 2 saturated heterocycles. The first-order valence-electron chi connectivity index (χ1n) is 24.8. The van der Waals surface area contributed by atoms with Crippen molar-refractivity contribution in [3.63, 3.8) is 0 Å². The van der Waals surface area contributed by atoms with E-state index in [2.05, 4.69) is 50.3 Å². The zero-order valence-electron chi connectivity index (χ0n) is 42.2. The quantitative estimate of drug-likeness (QED) is 0.0594. The number of halogens is 1. The lowest BCUT2D eigenvalue weighted by Crippen LogP contribution is -2.49. The fraction of sp³-hybridized carbons (Fsp3) is 0.491. The van der Waals surface area contributed by atoms with E-state index in [1.165, 1.54) is 39.4 Å². The van der Waals surface area contributed by atoms with E-state index in [9.17, 15) is 21.6 Å². The molecule has 2 heterocycles. The molecule has 71 heavy (non-hydrogen) atoms. The number of amides is 1. The van der Waals surface area contributed by atoms with Crippen LogP contribution in [-0.4, -0.2) is 140 Å². The zero-order valence-corrected chi connectivity index (χ0v) is 46.3.